The zero-order valence-corrected chi connectivity index (χ0v) is 12.2. The summed E-state index contributed by atoms with van der Waals surface area (Å²) < 4.78 is 0. The maximum Gasteiger partial charge on any atom is 0.263 e. The van der Waals surface area contributed by atoms with Crippen molar-refractivity contribution >= 4 is 17.5 Å². The number of halogens is 1. The molecule has 2 atom stereocenters. The molecule has 0 aromatic rings. The van der Waals surface area contributed by atoms with E-state index in [9.17, 15) is 4.79 Å². The summed E-state index contributed by atoms with van der Waals surface area (Å²) in [7, 11) is 0. The lowest BCUT2D eigenvalue weighted by molar-refractivity contribution is -0.117. The van der Waals surface area contributed by atoms with Crippen molar-refractivity contribution in [3.63, 3.8) is 0 Å². The van der Waals surface area contributed by atoms with Gasteiger partial charge in [0.25, 0.3) is 5.91 Å². The van der Waals surface area contributed by atoms with Crippen LogP contribution in [0.2, 0.25) is 0 Å². The Balaban J connectivity index is 2.47. The number of hydrogen-bond donors (Lipinski definition) is 2. The van der Waals surface area contributed by atoms with Crippen LogP contribution < -0.4 is 10.6 Å². The Hall–Kier alpha value is -1.21. The van der Waals surface area contributed by atoms with Crippen molar-refractivity contribution in [3.8, 4) is 6.07 Å². The van der Waals surface area contributed by atoms with Gasteiger partial charge in [0, 0.05) is 24.7 Å². The van der Waals surface area contributed by atoms with Crippen molar-refractivity contribution in [1.82, 2.24) is 10.6 Å². The van der Waals surface area contributed by atoms with Gasteiger partial charge in [-0.1, -0.05) is 19.8 Å². The number of hydrogen-bond acceptors (Lipinski definition) is 3. The number of amides is 1. The van der Waals surface area contributed by atoms with Crippen molar-refractivity contribution in [3.05, 3.63) is 11.8 Å². The Morgan fingerprint density at radius 2 is 2.21 bits per heavy atom. The summed E-state index contributed by atoms with van der Waals surface area (Å²) >= 11 is 5.53. The van der Waals surface area contributed by atoms with Crippen LogP contribution >= 0.6 is 11.6 Å². The quantitative estimate of drug-likeness (QED) is 0.340. The molecule has 4 nitrogen and oxygen atoms in total. The Morgan fingerprint density at radius 3 is 2.84 bits per heavy atom. The van der Waals surface area contributed by atoms with Gasteiger partial charge < -0.3 is 10.6 Å². The first kappa shape index (κ1) is 15.8. The van der Waals surface area contributed by atoms with Gasteiger partial charge in [-0.25, -0.2) is 0 Å². The van der Waals surface area contributed by atoms with Gasteiger partial charge in [-0.15, -0.1) is 11.6 Å². The van der Waals surface area contributed by atoms with Gasteiger partial charge in [-0.2, -0.15) is 5.26 Å². The van der Waals surface area contributed by atoms with Gasteiger partial charge in [-0.3, -0.25) is 4.79 Å². The SMILES string of the molecule is CC1CCCCC1N/C=C(/C#N)C(=O)NCCCCl. The second-order valence-corrected chi connectivity index (χ2v) is 5.38. The third-order valence-corrected chi connectivity index (χ3v) is 3.78. The summed E-state index contributed by atoms with van der Waals surface area (Å²) in [6.45, 7) is 2.71. The maximum atomic E-state index is 11.7. The molecule has 1 fully saturated rings. The van der Waals surface area contributed by atoms with Gasteiger partial charge in [0.05, 0.1) is 0 Å². The lowest BCUT2D eigenvalue weighted by atomic mass is 9.86. The van der Waals surface area contributed by atoms with E-state index in [-0.39, 0.29) is 11.5 Å². The highest BCUT2D eigenvalue weighted by Gasteiger charge is 2.20. The van der Waals surface area contributed by atoms with Crippen LogP contribution in [0.3, 0.4) is 0 Å². The molecule has 0 radical (unpaired) electrons. The zero-order chi connectivity index (χ0) is 14.1. The number of carbonyl (C=O) groups excluding carboxylic acids is 1. The summed E-state index contributed by atoms with van der Waals surface area (Å²) in [5.74, 6) is 0.761. The molecule has 5 heteroatoms. The summed E-state index contributed by atoms with van der Waals surface area (Å²) in [5, 5.41) is 14.9. The average molecular weight is 284 g/mol. The minimum absolute atomic E-state index is 0.132. The van der Waals surface area contributed by atoms with E-state index >= 15 is 0 Å². The van der Waals surface area contributed by atoms with Crippen molar-refractivity contribution in [2.75, 3.05) is 12.4 Å². The summed E-state index contributed by atoms with van der Waals surface area (Å²) in [6, 6.07) is 2.31. The lowest BCUT2D eigenvalue weighted by Gasteiger charge is -2.29. The molecule has 19 heavy (non-hydrogen) atoms. The fourth-order valence-electron chi connectivity index (χ4n) is 2.27. The number of nitrogens with one attached hydrogen (secondary N) is 2. The highest BCUT2D eigenvalue weighted by atomic mass is 35.5. The molecule has 0 aliphatic heterocycles. The molecule has 0 spiro atoms. The maximum absolute atomic E-state index is 11.7. The number of nitrogens with zero attached hydrogens (tertiary/aromatic N) is 1. The van der Waals surface area contributed by atoms with Crippen LogP contribution in [-0.4, -0.2) is 24.4 Å². The molecule has 0 saturated heterocycles. The summed E-state index contributed by atoms with van der Waals surface area (Å²) in [6.07, 6.45) is 7.05. The molecular formula is C14H22ClN3O. The molecule has 2 unspecified atom stereocenters. The van der Waals surface area contributed by atoms with Crippen LogP contribution in [-0.2, 0) is 4.79 Å². The second kappa shape index (κ2) is 8.82. The van der Waals surface area contributed by atoms with Crippen LogP contribution in [0.4, 0.5) is 0 Å². The first-order chi connectivity index (χ1) is 9.19. The van der Waals surface area contributed by atoms with Gasteiger partial charge in [0.15, 0.2) is 0 Å². The molecule has 0 heterocycles. The average Bonchev–Trinajstić information content (AvgIpc) is 2.41. The Kier molecular flexibility index (Phi) is 7.35. The smallest absolute Gasteiger partial charge is 0.263 e. The van der Waals surface area contributed by atoms with Gasteiger partial charge in [0.1, 0.15) is 11.6 Å². The molecule has 0 aromatic heterocycles. The molecule has 1 amide bonds. The van der Waals surface area contributed by atoms with E-state index in [2.05, 4.69) is 17.6 Å². The molecule has 1 rings (SSSR count). The summed E-state index contributed by atoms with van der Waals surface area (Å²) in [5.41, 5.74) is 0.132. The fraction of sp³-hybridized carbons (Fsp3) is 0.714. The van der Waals surface area contributed by atoms with Gasteiger partial charge in [-0.05, 0) is 25.2 Å². The summed E-state index contributed by atoms with van der Waals surface area (Å²) in [4.78, 5) is 11.7. The molecular weight excluding hydrogens is 262 g/mol. The standard InChI is InChI=1S/C14H22ClN3O/c1-11-5-2-3-6-13(11)18-10-12(9-16)14(19)17-8-4-7-15/h10-11,13,18H,2-8H2,1H3,(H,17,19)/b12-10-. The highest BCUT2D eigenvalue weighted by Crippen LogP contribution is 2.23. The van der Waals surface area contributed by atoms with Crippen LogP contribution in [0.25, 0.3) is 0 Å². The fourth-order valence-corrected chi connectivity index (χ4v) is 2.40. The third-order valence-electron chi connectivity index (χ3n) is 3.51. The molecule has 2 N–H and O–H groups in total. The monoisotopic (exact) mass is 283 g/mol. The lowest BCUT2D eigenvalue weighted by Crippen LogP contribution is -2.35. The highest BCUT2D eigenvalue weighted by molar-refractivity contribution is 6.17. The van der Waals surface area contributed by atoms with E-state index in [0.29, 0.717) is 30.8 Å². The third kappa shape index (κ3) is 5.52. The molecule has 0 bridgehead atoms. The van der Waals surface area contributed by atoms with Crippen molar-refractivity contribution in [1.29, 1.82) is 5.26 Å². The molecule has 1 aliphatic rings. The number of rotatable bonds is 6. The van der Waals surface area contributed by atoms with Crippen LogP contribution in [0.1, 0.15) is 39.0 Å². The van der Waals surface area contributed by atoms with E-state index in [1.54, 1.807) is 6.20 Å². The van der Waals surface area contributed by atoms with E-state index in [1.807, 2.05) is 6.07 Å². The molecule has 106 valence electrons. The second-order valence-electron chi connectivity index (χ2n) is 5.00. The molecule has 1 saturated carbocycles. The predicted molar refractivity (Wildman–Crippen MR) is 76.6 cm³/mol. The van der Waals surface area contributed by atoms with Crippen molar-refractivity contribution in [2.24, 2.45) is 5.92 Å². The minimum atomic E-state index is -0.330. The first-order valence-electron chi connectivity index (χ1n) is 6.89. The Bertz CT molecular complexity index is 362. The van der Waals surface area contributed by atoms with Crippen LogP contribution in [0.15, 0.2) is 11.8 Å². The number of alkyl halides is 1. The van der Waals surface area contributed by atoms with Crippen LogP contribution in [0, 0.1) is 17.2 Å². The van der Waals surface area contributed by atoms with Crippen molar-refractivity contribution < 1.29 is 4.79 Å². The van der Waals surface area contributed by atoms with Crippen LogP contribution in [0.5, 0.6) is 0 Å². The number of nitriles is 1. The van der Waals surface area contributed by atoms with E-state index in [0.717, 1.165) is 6.42 Å². The zero-order valence-electron chi connectivity index (χ0n) is 11.4. The largest absolute Gasteiger partial charge is 0.387 e. The predicted octanol–water partition coefficient (Wildman–Crippen LogP) is 2.31. The first-order valence-corrected chi connectivity index (χ1v) is 7.43. The topological polar surface area (TPSA) is 64.9 Å². The number of carbonyl (C=O) groups is 1. The Morgan fingerprint density at radius 1 is 1.47 bits per heavy atom. The molecule has 1 aliphatic carbocycles. The Labute approximate surface area is 120 Å². The van der Waals surface area contributed by atoms with Gasteiger partial charge >= 0.3 is 0 Å². The van der Waals surface area contributed by atoms with E-state index in [4.69, 9.17) is 16.9 Å². The van der Waals surface area contributed by atoms with E-state index < -0.39 is 0 Å². The normalized spacial score (nSPS) is 23.5. The van der Waals surface area contributed by atoms with E-state index in [1.165, 1.54) is 19.3 Å². The minimum Gasteiger partial charge on any atom is -0.387 e. The van der Waals surface area contributed by atoms with Crippen molar-refractivity contribution in [2.45, 2.75) is 45.1 Å². The molecule has 0 aromatic carbocycles. The van der Waals surface area contributed by atoms with Gasteiger partial charge in [0.2, 0.25) is 0 Å².